The SMILES string of the molecule is CCCCCS(=O)(=O)CC(=O)NCCCc1nnc(SC)n1C1CCCC1. The molecule has 1 heterocycles. The Morgan fingerprint density at radius 2 is 1.96 bits per heavy atom. The van der Waals surface area contributed by atoms with E-state index in [-0.39, 0.29) is 5.75 Å². The number of nitrogens with zero attached hydrogens (tertiary/aromatic N) is 3. The smallest absolute Gasteiger partial charge is 0.235 e. The van der Waals surface area contributed by atoms with Crippen molar-refractivity contribution in [1.82, 2.24) is 20.1 Å². The Morgan fingerprint density at radius 3 is 2.63 bits per heavy atom. The fourth-order valence-electron chi connectivity index (χ4n) is 3.52. The van der Waals surface area contributed by atoms with Crippen LogP contribution in [0.4, 0.5) is 0 Å². The van der Waals surface area contributed by atoms with Crippen molar-refractivity contribution in [2.75, 3.05) is 24.3 Å². The Morgan fingerprint density at radius 1 is 1.22 bits per heavy atom. The third-order valence-electron chi connectivity index (χ3n) is 4.92. The fourth-order valence-corrected chi connectivity index (χ4v) is 5.38. The van der Waals surface area contributed by atoms with E-state index in [1.807, 2.05) is 13.2 Å². The molecule has 1 aliphatic carbocycles. The van der Waals surface area contributed by atoms with E-state index in [4.69, 9.17) is 0 Å². The van der Waals surface area contributed by atoms with Crippen LogP contribution in [0.1, 0.15) is 70.2 Å². The van der Waals surface area contributed by atoms with Crippen molar-refractivity contribution in [3.8, 4) is 0 Å². The molecule has 1 aromatic heterocycles. The van der Waals surface area contributed by atoms with Crippen LogP contribution in [0.15, 0.2) is 5.16 Å². The molecule has 1 fully saturated rings. The molecule has 0 unspecified atom stereocenters. The van der Waals surface area contributed by atoms with E-state index < -0.39 is 21.5 Å². The van der Waals surface area contributed by atoms with Gasteiger partial charge in [-0.25, -0.2) is 8.42 Å². The first kappa shape index (κ1) is 22.2. The number of aryl methyl sites for hydroxylation is 1. The summed E-state index contributed by atoms with van der Waals surface area (Å²) in [7, 11) is -3.30. The highest BCUT2D eigenvalue weighted by Crippen LogP contribution is 2.33. The number of hydrogen-bond donors (Lipinski definition) is 1. The van der Waals surface area contributed by atoms with Gasteiger partial charge in [-0.3, -0.25) is 4.79 Å². The maximum Gasteiger partial charge on any atom is 0.235 e. The van der Waals surface area contributed by atoms with Crippen LogP contribution in [0.3, 0.4) is 0 Å². The number of thioether (sulfide) groups is 1. The normalized spacial score (nSPS) is 15.3. The van der Waals surface area contributed by atoms with E-state index in [2.05, 4.69) is 20.1 Å². The van der Waals surface area contributed by atoms with Crippen molar-refractivity contribution < 1.29 is 13.2 Å². The maximum atomic E-state index is 11.9. The number of amides is 1. The minimum Gasteiger partial charge on any atom is -0.355 e. The molecule has 7 nitrogen and oxygen atoms in total. The lowest BCUT2D eigenvalue weighted by Gasteiger charge is -2.16. The van der Waals surface area contributed by atoms with Crippen molar-refractivity contribution >= 4 is 27.5 Å². The molecule has 1 aliphatic rings. The second-order valence-electron chi connectivity index (χ2n) is 7.16. The van der Waals surface area contributed by atoms with E-state index >= 15 is 0 Å². The highest BCUT2D eigenvalue weighted by atomic mass is 32.2. The van der Waals surface area contributed by atoms with Crippen LogP contribution in [-0.4, -0.2) is 53.4 Å². The predicted octanol–water partition coefficient (Wildman–Crippen LogP) is 2.77. The number of carbonyl (C=O) groups is 1. The van der Waals surface area contributed by atoms with Crippen LogP contribution >= 0.6 is 11.8 Å². The monoisotopic (exact) mass is 416 g/mol. The number of carbonyl (C=O) groups excluding carboxylic acids is 1. The summed E-state index contributed by atoms with van der Waals surface area (Å²) in [6.45, 7) is 2.48. The van der Waals surface area contributed by atoms with Crippen LogP contribution in [-0.2, 0) is 21.1 Å². The van der Waals surface area contributed by atoms with Crippen LogP contribution in [0.5, 0.6) is 0 Å². The highest BCUT2D eigenvalue weighted by Gasteiger charge is 2.23. The van der Waals surface area contributed by atoms with E-state index in [1.54, 1.807) is 11.8 Å². The zero-order chi connectivity index (χ0) is 19.7. The summed E-state index contributed by atoms with van der Waals surface area (Å²) in [5, 5.41) is 12.3. The molecule has 1 N–H and O–H groups in total. The molecule has 0 spiro atoms. The molecule has 0 saturated heterocycles. The maximum absolute atomic E-state index is 11.9. The Labute approximate surface area is 167 Å². The summed E-state index contributed by atoms with van der Waals surface area (Å²) >= 11 is 1.61. The molecular weight excluding hydrogens is 384 g/mol. The summed E-state index contributed by atoms with van der Waals surface area (Å²) in [4.78, 5) is 11.9. The van der Waals surface area contributed by atoms with Gasteiger partial charge in [-0.15, -0.1) is 10.2 Å². The lowest BCUT2D eigenvalue weighted by molar-refractivity contribution is -0.118. The van der Waals surface area contributed by atoms with Gasteiger partial charge in [-0.1, -0.05) is 44.4 Å². The largest absolute Gasteiger partial charge is 0.355 e. The number of aromatic nitrogens is 3. The standard InChI is InChI=1S/C18H32N4O3S2/c1-3-4-7-13-27(24,25)14-17(23)19-12-8-11-16-20-21-18(26-2)22(16)15-9-5-6-10-15/h15H,3-14H2,1-2H3,(H,19,23). The van der Waals surface area contributed by atoms with Crippen molar-refractivity contribution in [2.24, 2.45) is 0 Å². The topological polar surface area (TPSA) is 93.9 Å². The summed E-state index contributed by atoms with van der Waals surface area (Å²) in [6.07, 6.45) is 10.8. The molecule has 27 heavy (non-hydrogen) atoms. The lowest BCUT2D eigenvalue weighted by Crippen LogP contribution is -2.32. The first-order chi connectivity index (χ1) is 13.0. The Hall–Kier alpha value is -1.09. The van der Waals surface area contributed by atoms with Crippen LogP contribution in [0, 0.1) is 0 Å². The summed E-state index contributed by atoms with van der Waals surface area (Å²) in [5.41, 5.74) is 0. The minimum atomic E-state index is -3.30. The Balaban J connectivity index is 1.77. The van der Waals surface area contributed by atoms with Gasteiger partial charge in [0.15, 0.2) is 15.0 Å². The fraction of sp³-hybridized carbons (Fsp3) is 0.833. The van der Waals surface area contributed by atoms with Crippen LogP contribution < -0.4 is 5.32 Å². The number of hydrogen-bond acceptors (Lipinski definition) is 6. The van der Waals surface area contributed by atoms with Crippen LogP contribution in [0.25, 0.3) is 0 Å². The number of unbranched alkanes of at least 4 members (excludes halogenated alkanes) is 2. The van der Waals surface area contributed by atoms with Crippen LogP contribution in [0.2, 0.25) is 0 Å². The average molecular weight is 417 g/mol. The first-order valence-electron chi connectivity index (χ1n) is 9.91. The van der Waals surface area contributed by atoms with Gasteiger partial charge in [0.2, 0.25) is 5.91 Å². The van der Waals surface area contributed by atoms with Gasteiger partial charge in [-0.05, 0) is 31.9 Å². The molecule has 0 aromatic carbocycles. The molecule has 0 aliphatic heterocycles. The predicted molar refractivity (Wildman–Crippen MR) is 109 cm³/mol. The second-order valence-corrected chi connectivity index (χ2v) is 10.1. The summed E-state index contributed by atoms with van der Waals surface area (Å²) in [6, 6.07) is 0.486. The number of nitrogens with one attached hydrogen (secondary N) is 1. The molecular formula is C18H32N4O3S2. The van der Waals surface area contributed by atoms with Crippen molar-refractivity contribution in [1.29, 1.82) is 0 Å². The molecule has 0 radical (unpaired) electrons. The van der Waals surface area contributed by atoms with E-state index in [0.717, 1.165) is 36.7 Å². The molecule has 154 valence electrons. The lowest BCUT2D eigenvalue weighted by atomic mass is 10.2. The molecule has 1 amide bonds. The van der Waals surface area contributed by atoms with Gasteiger partial charge < -0.3 is 9.88 Å². The molecule has 2 rings (SSSR count). The Bertz CT molecular complexity index is 697. The molecule has 1 saturated carbocycles. The van der Waals surface area contributed by atoms with E-state index in [0.29, 0.717) is 19.0 Å². The van der Waals surface area contributed by atoms with Crippen molar-refractivity contribution in [3.63, 3.8) is 0 Å². The van der Waals surface area contributed by atoms with Gasteiger partial charge >= 0.3 is 0 Å². The minimum absolute atomic E-state index is 0.0935. The molecule has 1 aromatic rings. The number of sulfone groups is 1. The molecule has 9 heteroatoms. The Kier molecular flexibility index (Phi) is 9.08. The van der Waals surface area contributed by atoms with Gasteiger partial charge in [0.1, 0.15) is 11.6 Å². The summed E-state index contributed by atoms with van der Waals surface area (Å²) in [5.74, 6) is 0.239. The van der Waals surface area contributed by atoms with Crippen molar-refractivity contribution in [2.45, 2.75) is 75.9 Å². The zero-order valence-corrected chi connectivity index (χ0v) is 18.1. The number of rotatable bonds is 12. The van der Waals surface area contributed by atoms with Crippen molar-refractivity contribution in [3.05, 3.63) is 5.82 Å². The third-order valence-corrected chi connectivity index (χ3v) is 7.17. The van der Waals surface area contributed by atoms with E-state index in [1.165, 1.54) is 25.7 Å². The molecule has 0 atom stereocenters. The third kappa shape index (κ3) is 7.10. The van der Waals surface area contributed by atoms with Gasteiger partial charge in [0.25, 0.3) is 0 Å². The average Bonchev–Trinajstić information content (AvgIpc) is 3.27. The summed E-state index contributed by atoms with van der Waals surface area (Å²) < 4.78 is 26.1. The second kappa shape index (κ2) is 11.0. The van der Waals surface area contributed by atoms with Gasteiger partial charge in [0.05, 0.1) is 5.75 Å². The van der Waals surface area contributed by atoms with Gasteiger partial charge in [-0.2, -0.15) is 0 Å². The van der Waals surface area contributed by atoms with E-state index in [9.17, 15) is 13.2 Å². The first-order valence-corrected chi connectivity index (χ1v) is 13.0. The van der Waals surface area contributed by atoms with Gasteiger partial charge in [0, 0.05) is 19.0 Å². The molecule has 0 bridgehead atoms. The quantitative estimate of drug-likeness (QED) is 0.416. The highest BCUT2D eigenvalue weighted by molar-refractivity contribution is 7.98. The zero-order valence-electron chi connectivity index (χ0n) is 16.4.